The molecule has 0 aliphatic rings. The average Bonchev–Trinajstić information content (AvgIpc) is 1.96. The number of benzene rings is 1. The molecular formula is C7H5BrFNaO2S. The molecule has 0 saturated carbocycles. The van der Waals surface area contributed by atoms with E-state index in [0.717, 1.165) is 0 Å². The normalized spacial score (nSPS) is 11.9. The van der Waals surface area contributed by atoms with Crippen LogP contribution in [0.4, 0.5) is 4.39 Å². The molecule has 0 aliphatic carbocycles. The summed E-state index contributed by atoms with van der Waals surface area (Å²) in [4.78, 5) is 0. The third-order valence-corrected chi connectivity index (χ3v) is 2.48. The van der Waals surface area contributed by atoms with Crippen molar-refractivity contribution in [2.45, 2.75) is 5.75 Å². The van der Waals surface area contributed by atoms with Crippen LogP contribution in [-0.4, -0.2) is 8.76 Å². The van der Waals surface area contributed by atoms with Crippen molar-refractivity contribution in [3.63, 3.8) is 0 Å². The molecule has 13 heavy (non-hydrogen) atoms. The maximum absolute atomic E-state index is 12.8. The van der Waals surface area contributed by atoms with Crippen LogP contribution < -0.4 is 29.6 Å². The van der Waals surface area contributed by atoms with Gasteiger partial charge in [-0.25, -0.2) is 4.39 Å². The van der Waals surface area contributed by atoms with Gasteiger partial charge in [-0.2, -0.15) is 0 Å². The first kappa shape index (κ1) is 13.7. The zero-order chi connectivity index (χ0) is 9.14. The smallest absolute Gasteiger partial charge is 0.772 e. The zero-order valence-corrected chi connectivity index (χ0v) is 11.3. The fraction of sp³-hybridized carbons (Fsp3) is 0.143. The van der Waals surface area contributed by atoms with E-state index in [0.29, 0.717) is 10.0 Å². The van der Waals surface area contributed by atoms with Crippen LogP contribution in [0, 0.1) is 5.82 Å². The van der Waals surface area contributed by atoms with Crippen molar-refractivity contribution in [3.05, 3.63) is 34.1 Å². The van der Waals surface area contributed by atoms with E-state index in [4.69, 9.17) is 0 Å². The van der Waals surface area contributed by atoms with Gasteiger partial charge >= 0.3 is 29.6 Å². The van der Waals surface area contributed by atoms with Crippen LogP contribution >= 0.6 is 15.9 Å². The molecule has 0 radical (unpaired) electrons. The molecule has 1 atom stereocenters. The van der Waals surface area contributed by atoms with Gasteiger partial charge in [-0.15, -0.1) is 0 Å². The molecule has 0 aromatic heterocycles. The first-order valence-corrected chi connectivity index (χ1v) is 5.13. The molecule has 1 aromatic carbocycles. The molecule has 0 saturated heterocycles. The van der Waals surface area contributed by atoms with Crippen molar-refractivity contribution in [3.8, 4) is 0 Å². The first-order chi connectivity index (χ1) is 5.59. The van der Waals surface area contributed by atoms with Crippen LogP contribution in [0.25, 0.3) is 0 Å². The van der Waals surface area contributed by atoms with Crippen LogP contribution in [0.3, 0.4) is 0 Å². The van der Waals surface area contributed by atoms with Gasteiger partial charge < -0.3 is 4.55 Å². The van der Waals surface area contributed by atoms with E-state index in [1.165, 1.54) is 12.1 Å². The van der Waals surface area contributed by atoms with E-state index in [-0.39, 0.29) is 35.3 Å². The summed E-state index contributed by atoms with van der Waals surface area (Å²) < 4.78 is 33.6. The Morgan fingerprint density at radius 1 is 1.54 bits per heavy atom. The van der Waals surface area contributed by atoms with Crippen LogP contribution in [0.15, 0.2) is 22.7 Å². The minimum Gasteiger partial charge on any atom is -0.772 e. The van der Waals surface area contributed by atoms with Gasteiger partial charge in [-0.3, -0.25) is 4.21 Å². The van der Waals surface area contributed by atoms with Crippen LogP contribution in [0.5, 0.6) is 0 Å². The predicted molar refractivity (Wildman–Crippen MR) is 46.7 cm³/mol. The van der Waals surface area contributed by atoms with Crippen LogP contribution in [0.2, 0.25) is 0 Å². The van der Waals surface area contributed by atoms with E-state index in [1.54, 1.807) is 6.07 Å². The molecule has 0 spiro atoms. The monoisotopic (exact) mass is 274 g/mol. The van der Waals surface area contributed by atoms with E-state index < -0.39 is 16.9 Å². The predicted octanol–water partition coefficient (Wildman–Crippen LogP) is -1.03. The second-order valence-corrected chi connectivity index (χ2v) is 3.95. The Balaban J connectivity index is 0.00000144. The number of halogens is 2. The molecule has 2 nitrogen and oxygen atoms in total. The summed E-state index contributed by atoms with van der Waals surface area (Å²) in [6.45, 7) is 0. The summed E-state index contributed by atoms with van der Waals surface area (Å²) in [6.07, 6.45) is 0. The van der Waals surface area contributed by atoms with Gasteiger partial charge in [0, 0.05) is 5.75 Å². The standard InChI is InChI=1S/C7H6BrFO2S.Na/c8-6-2-1-5(3-7(6)9)4-12(10)11;/h1-3H,4H2,(H,10,11);/q;+1/p-1. The third kappa shape index (κ3) is 4.67. The molecular weight excluding hydrogens is 270 g/mol. The topological polar surface area (TPSA) is 40.1 Å². The number of rotatable bonds is 2. The third-order valence-electron chi connectivity index (χ3n) is 1.27. The minimum atomic E-state index is -2.16. The van der Waals surface area contributed by atoms with Crippen molar-refractivity contribution in [1.29, 1.82) is 0 Å². The van der Waals surface area contributed by atoms with E-state index >= 15 is 0 Å². The Kier molecular flexibility index (Phi) is 6.62. The van der Waals surface area contributed by atoms with Crippen molar-refractivity contribution >= 4 is 27.0 Å². The second kappa shape index (κ2) is 6.27. The SMILES string of the molecule is O=S([O-])Cc1ccc(Br)c(F)c1.[Na+]. The van der Waals surface area contributed by atoms with Crippen molar-refractivity contribution in [1.82, 2.24) is 0 Å². The van der Waals surface area contributed by atoms with Gasteiger partial charge in [0.25, 0.3) is 0 Å². The summed E-state index contributed by atoms with van der Waals surface area (Å²) in [5.41, 5.74) is 0.448. The summed E-state index contributed by atoms with van der Waals surface area (Å²) in [6, 6.07) is 4.24. The number of hydrogen-bond donors (Lipinski definition) is 0. The van der Waals surface area contributed by atoms with E-state index in [9.17, 15) is 13.2 Å². The summed E-state index contributed by atoms with van der Waals surface area (Å²) in [5.74, 6) is -0.595. The van der Waals surface area contributed by atoms with Gasteiger partial charge in [0.05, 0.1) is 4.47 Å². The average molecular weight is 275 g/mol. The van der Waals surface area contributed by atoms with Crippen molar-refractivity contribution in [2.24, 2.45) is 0 Å². The molecule has 0 amide bonds. The second-order valence-electron chi connectivity index (χ2n) is 2.20. The first-order valence-electron chi connectivity index (χ1n) is 3.09. The Hall–Kier alpha value is 0.740. The molecule has 1 aromatic rings. The molecule has 0 N–H and O–H groups in total. The Labute approximate surface area is 109 Å². The summed E-state index contributed by atoms with van der Waals surface area (Å²) in [5, 5.41) is 0. The largest absolute Gasteiger partial charge is 1.00 e. The van der Waals surface area contributed by atoms with Crippen LogP contribution in [0.1, 0.15) is 5.56 Å². The van der Waals surface area contributed by atoms with Gasteiger partial charge in [-0.1, -0.05) is 17.1 Å². The van der Waals surface area contributed by atoms with Crippen LogP contribution in [-0.2, 0) is 16.8 Å². The maximum atomic E-state index is 12.8. The Morgan fingerprint density at radius 2 is 2.15 bits per heavy atom. The fourth-order valence-corrected chi connectivity index (χ4v) is 1.46. The fourth-order valence-electron chi connectivity index (χ4n) is 0.766. The molecule has 0 heterocycles. The molecule has 1 unspecified atom stereocenters. The molecule has 0 fully saturated rings. The van der Waals surface area contributed by atoms with Crippen molar-refractivity contribution < 1.29 is 42.7 Å². The zero-order valence-electron chi connectivity index (χ0n) is 6.92. The van der Waals surface area contributed by atoms with E-state index in [1.807, 2.05) is 0 Å². The molecule has 0 bridgehead atoms. The number of hydrogen-bond acceptors (Lipinski definition) is 2. The Morgan fingerprint density at radius 3 is 2.62 bits per heavy atom. The van der Waals surface area contributed by atoms with Gasteiger partial charge in [0.2, 0.25) is 0 Å². The Bertz CT molecular complexity index is 321. The van der Waals surface area contributed by atoms with Gasteiger partial charge in [0.15, 0.2) is 0 Å². The van der Waals surface area contributed by atoms with Gasteiger partial charge in [0.1, 0.15) is 5.82 Å². The molecule has 6 heteroatoms. The molecule has 0 aliphatic heterocycles. The molecule has 66 valence electrons. The van der Waals surface area contributed by atoms with E-state index in [2.05, 4.69) is 15.9 Å². The minimum absolute atomic E-state index is 0. The maximum Gasteiger partial charge on any atom is 1.00 e. The quantitative estimate of drug-likeness (QED) is 0.511. The van der Waals surface area contributed by atoms with Crippen molar-refractivity contribution in [2.75, 3.05) is 0 Å². The molecule has 1 rings (SSSR count). The van der Waals surface area contributed by atoms with Gasteiger partial charge in [-0.05, 0) is 33.6 Å². The summed E-state index contributed by atoms with van der Waals surface area (Å²) >= 11 is 0.803. The summed E-state index contributed by atoms with van der Waals surface area (Å²) in [7, 11) is 0.